The minimum Gasteiger partial charge on any atom is -0.485 e. The highest BCUT2D eigenvalue weighted by molar-refractivity contribution is 6.30. The fourth-order valence-corrected chi connectivity index (χ4v) is 3.38. The smallest absolute Gasteiger partial charge is 0.204 e. The van der Waals surface area contributed by atoms with Crippen molar-refractivity contribution in [3.63, 3.8) is 0 Å². The second kappa shape index (κ2) is 6.85. The third kappa shape index (κ3) is 3.38. The second-order valence-electron chi connectivity index (χ2n) is 6.32. The summed E-state index contributed by atoms with van der Waals surface area (Å²) in [5, 5.41) is 0.567. The van der Waals surface area contributed by atoms with Crippen LogP contribution in [-0.2, 0) is 9.53 Å². The van der Waals surface area contributed by atoms with Crippen LogP contribution in [0.2, 0.25) is 5.02 Å². The number of benzene rings is 2. The van der Waals surface area contributed by atoms with E-state index in [1.54, 1.807) is 31.2 Å². The van der Waals surface area contributed by atoms with Crippen molar-refractivity contribution < 1.29 is 14.3 Å². The molecule has 0 unspecified atom stereocenters. The van der Waals surface area contributed by atoms with Crippen LogP contribution in [0.3, 0.4) is 0 Å². The van der Waals surface area contributed by atoms with Gasteiger partial charge < -0.3 is 4.74 Å². The van der Waals surface area contributed by atoms with Crippen LogP contribution in [-0.4, -0.2) is 17.7 Å². The number of hydrogen-bond acceptors (Lipinski definition) is 3. The van der Waals surface area contributed by atoms with Gasteiger partial charge in [0.15, 0.2) is 11.9 Å². The second-order valence-corrected chi connectivity index (χ2v) is 6.76. The van der Waals surface area contributed by atoms with E-state index in [0.717, 1.165) is 11.1 Å². The van der Waals surface area contributed by atoms with Crippen LogP contribution >= 0.6 is 11.6 Å². The first-order valence-electron chi connectivity index (χ1n) is 8.13. The summed E-state index contributed by atoms with van der Waals surface area (Å²) >= 11 is 5.91. The van der Waals surface area contributed by atoms with Gasteiger partial charge in [-0.1, -0.05) is 41.4 Å². The number of rotatable bonds is 4. The molecule has 2 aromatic rings. The molecule has 0 radical (unpaired) electrons. The minimum absolute atomic E-state index is 0.0746. The Hall–Kier alpha value is -2.39. The number of carbonyl (C=O) groups excluding carboxylic acids is 2. The van der Waals surface area contributed by atoms with Crippen molar-refractivity contribution in [3.05, 3.63) is 81.6 Å². The van der Waals surface area contributed by atoms with E-state index in [4.69, 9.17) is 16.3 Å². The number of carbonyl (C=O) groups is 2. The Morgan fingerprint density at radius 3 is 2.12 bits per heavy atom. The van der Waals surface area contributed by atoms with Gasteiger partial charge >= 0.3 is 0 Å². The molecule has 0 aromatic heterocycles. The predicted molar refractivity (Wildman–Crippen MR) is 98.0 cm³/mol. The Bertz CT molecular complexity index is 848. The Kier molecular flexibility index (Phi) is 4.78. The van der Waals surface area contributed by atoms with Gasteiger partial charge in [-0.05, 0) is 50.6 Å². The average molecular weight is 355 g/mol. The molecule has 3 nitrogen and oxygen atoms in total. The molecule has 128 valence electrons. The van der Waals surface area contributed by atoms with Crippen molar-refractivity contribution in [1.29, 1.82) is 0 Å². The maximum Gasteiger partial charge on any atom is 0.204 e. The highest BCUT2D eigenvalue weighted by Crippen LogP contribution is 2.40. The van der Waals surface area contributed by atoms with Crippen molar-refractivity contribution >= 4 is 23.2 Å². The molecule has 3 rings (SSSR count). The van der Waals surface area contributed by atoms with E-state index in [9.17, 15) is 9.59 Å². The number of halogens is 1. The molecule has 0 fully saturated rings. The highest BCUT2D eigenvalue weighted by Gasteiger charge is 2.42. The molecule has 1 aliphatic heterocycles. The summed E-state index contributed by atoms with van der Waals surface area (Å²) in [7, 11) is 0. The summed E-state index contributed by atoms with van der Waals surface area (Å²) in [6.07, 6.45) is -0.747. The zero-order valence-corrected chi connectivity index (χ0v) is 15.1. The lowest BCUT2D eigenvalue weighted by atomic mass is 9.83. The van der Waals surface area contributed by atoms with E-state index in [1.807, 2.05) is 31.2 Å². The summed E-state index contributed by atoms with van der Waals surface area (Å²) < 4.78 is 5.86. The van der Waals surface area contributed by atoms with Crippen LogP contribution < -0.4 is 0 Å². The zero-order valence-electron chi connectivity index (χ0n) is 14.4. The molecule has 0 amide bonds. The molecule has 0 bridgehead atoms. The molecule has 0 saturated heterocycles. The third-order valence-electron chi connectivity index (χ3n) is 4.50. The number of ketones is 2. The molecular weight excluding hydrogens is 336 g/mol. The summed E-state index contributed by atoms with van der Waals surface area (Å²) in [6, 6.07) is 14.6. The van der Waals surface area contributed by atoms with Gasteiger partial charge in [0, 0.05) is 16.2 Å². The molecule has 0 saturated carbocycles. The molecule has 2 atom stereocenters. The topological polar surface area (TPSA) is 43.4 Å². The Labute approximate surface area is 152 Å². The quantitative estimate of drug-likeness (QED) is 0.735. The van der Waals surface area contributed by atoms with Crippen LogP contribution in [0.5, 0.6) is 0 Å². The average Bonchev–Trinajstić information content (AvgIpc) is 2.93. The molecule has 25 heavy (non-hydrogen) atoms. The minimum atomic E-state index is -0.747. The first-order valence-corrected chi connectivity index (χ1v) is 8.51. The first kappa shape index (κ1) is 17.4. The standard InChI is InChI=1S/C21H19ClO3/c1-12-4-6-15(7-5-12)19-18(13(2)23)14(3)25-21(19)20(24)16-8-10-17(22)11-9-16/h4-11,19,21H,1-3H3/t19-,21-/m1/s1. The number of ether oxygens (including phenoxy) is 1. The van der Waals surface area contributed by atoms with Crippen LogP contribution in [0, 0.1) is 6.92 Å². The van der Waals surface area contributed by atoms with Crippen molar-refractivity contribution in [1.82, 2.24) is 0 Å². The van der Waals surface area contributed by atoms with Gasteiger partial charge in [-0.15, -0.1) is 0 Å². The monoisotopic (exact) mass is 354 g/mol. The lowest BCUT2D eigenvalue weighted by Gasteiger charge is -2.20. The van der Waals surface area contributed by atoms with Gasteiger partial charge in [0.25, 0.3) is 0 Å². The third-order valence-corrected chi connectivity index (χ3v) is 4.75. The molecule has 2 aromatic carbocycles. The van der Waals surface area contributed by atoms with Crippen molar-refractivity contribution in [3.8, 4) is 0 Å². The SMILES string of the molecule is CC(=O)C1=C(C)O[C@@H](C(=O)c2ccc(Cl)cc2)[C@@H]1c1ccc(C)cc1. The van der Waals surface area contributed by atoms with Crippen LogP contribution in [0.4, 0.5) is 0 Å². The van der Waals surface area contributed by atoms with Crippen molar-refractivity contribution in [2.45, 2.75) is 32.8 Å². The fourth-order valence-electron chi connectivity index (χ4n) is 3.26. The molecule has 0 N–H and O–H groups in total. The van der Waals surface area contributed by atoms with Gasteiger partial charge in [0.1, 0.15) is 5.76 Å². The van der Waals surface area contributed by atoms with Gasteiger partial charge in [-0.2, -0.15) is 0 Å². The van der Waals surface area contributed by atoms with Crippen molar-refractivity contribution in [2.75, 3.05) is 0 Å². The van der Waals surface area contributed by atoms with Gasteiger partial charge in [-0.3, -0.25) is 9.59 Å². The van der Waals surface area contributed by atoms with E-state index in [-0.39, 0.29) is 11.6 Å². The lowest BCUT2D eigenvalue weighted by Crippen LogP contribution is -2.28. The zero-order chi connectivity index (χ0) is 18.1. The fraction of sp³-hybridized carbons (Fsp3) is 0.238. The number of allylic oxidation sites excluding steroid dienone is 1. The molecule has 1 heterocycles. The Morgan fingerprint density at radius 2 is 1.56 bits per heavy atom. The normalized spacial score (nSPS) is 19.7. The van der Waals surface area contributed by atoms with E-state index in [1.165, 1.54) is 6.92 Å². The van der Waals surface area contributed by atoms with E-state index in [0.29, 0.717) is 21.9 Å². The Morgan fingerprint density at radius 1 is 0.960 bits per heavy atom. The van der Waals surface area contributed by atoms with Gasteiger partial charge in [0.2, 0.25) is 5.78 Å². The highest BCUT2D eigenvalue weighted by atomic mass is 35.5. The van der Waals surface area contributed by atoms with Crippen molar-refractivity contribution in [2.24, 2.45) is 0 Å². The maximum atomic E-state index is 13.0. The molecule has 4 heteroatoms. The molecule has 0 spiro atoms. The van der Waals surface area contributed by atoms with E-state index < -0.39 is 12.0 Å². The van der Waals surface area contributed by atoms with Gasteiger partial charge in [0.05, 0.1) is 5.92 Å². The van der Waals surface area contributed by atoms with Gasteiger partial charge in [-0.25, -0.2) is 0 Å². The lowest BCUT2D eigenvalue weighted by molar-refractivity contribution is -0.113. The van der Waals surface area contributed by atoms with E-state index >= 15 is 0 Å². The number of hydrogen-bond donors (Lipinski definition) is 0. The molecule has 1 aliphatic rings. The first-order chi connectivity index (χ1) is 11.9. The summed E-state index contributed by atoms with van der Waals surface area (Å²) in [4.78, 5) is 25.2. The number of aryl methyl sites for hydroxylation is 1. The molecular formula is C21H19ClO3. The predicted octanol–water partition coefficient (Wildman–Crippen LogP) is 4.88. The van der Waals surface area contributed by atoms with E-state index in [2.05, 4.69) is 0 Å². The molecule has 0 aliphatic carbocycles. The van der Waals surface area contributed by atoms with Crippen LogP contribution in [0.1, 0.15) is 41.3 Å². The van der Waals surface area contributed by atoms with Crippen LogP contribution in [0.15, 0.2) is 59.9 Å². The Balaban J connectivity index is 2.03. The summed E-state index contributed by atoms with van der Waals surface area (Å²) in [5.74, 6) is -0.112. The summed E-state index contributed by atoms with van der Waals surface area (Å²) in [6.45, 7) is 5.25. The largest absolute Gasteiger partial charge is 0.485 e. The summed E-state index contributed by atoms with van der Waals surface area (Å²) in [5.41, 5.74) is 3.11. The number of Topliss-reactive ketones (excluding diaryl/α,β-unsaturated/α-hetero) is 2. The maximum absolute atomic E-state index is 13.0. The van der Waals surface area contributed by atoms with Crippen LogP contribution in [0.25, 0.3) is 0 Å².